The molecule has 1 atom stereocenters. The lowest BCUT2D eigenvalue weighted by Crippen LogP contribution is -2.39. The highest BCUT2D eigenvalue weighted by molar-refractivity contribution is 5.76. The third-order valence-corrected chi connectivity index (χ3v) is 4.89. The molecule has 1 aliphatic heterocycles. The third kappa shape index (κ3) is 4.42. The standard InChI is InChI=1S/C20H27N3O2/c1-14-7-9-18(21-14)17(19-10-8-15(2)22-19)6-4-12-23-11-3-5-16(13-23)20(24)25/h6-10,16,21-22H,3-5,11-13H2,1-2H3,(H,24,25). The maximum atomic E-state index is 11.2. The van der Waals surface area contributed by atoms with E-state index in [9.17, 15) is 9.90 Å². The first-order valence-corrected chi connectivity index (χ1v) is 9.00. The molecule has 0 radical (unpaired) electrons. The van der Waals surface area contributed by atoms with Crippen LogP contribution in [0.3, 0.4) is 0 Å². The lowest BCUT2D eigenvalue weighted by molar-refractivity contribution is -0.143. The Morgan fingerprint density at radius 2 is 1.84 bits per heavy atom. The molecule has 0 bridgehead atoms. The van der Waals surface area contributed by atoms with Crippen molar-refractivity contribution in [3.8, 4) is 0 Å². The van der Waals surface area contributed by atoms with E-state index in [1.54, 1.807) is 0 Å². The predicted octanol–water partition coefficient (Wildman–Crippen LogP) is 3.58. The number of hydrogen-bond acceptors (Lipinski definition) is 2. The molecule has 3 heterocycles. The highest BCUT2D eigenvalue weighted by Crippen LogP contribution is 2.24. The fraction of sp³-hybridized carbons (Fsp3) is 0.450. The zero-order valence-corrected chi connectivity index (χ0v) is 15.0. The average Bonchev–Trinajstić information content (AvgIpc) is 3.20. The largest absolute Gasteiger partial charge is 0.481 e. The van der Waals surface area contributed by atoms with Crippen molar-refractivity contribution >= 4 is 11.5 Å². The number of rotatable bonds is 6. The summed E-state index contributed by atoms with van der Waals surface area (Å²) in [6.45, 7) is 6.67. The van der Waals surface area contributed by atoms with Gasteiger partial charge in [-0.2, -0.15) is 0 Å². The van der Waals surface area contributed by atoms with Gasteiger partial charge in [0, 0.05) is 41.4 Å². The van der Waals surface area contributed by atoms with Crippen molar-refractivity contribution in [2.45, 2.75) is 33.1 Å². The Kier molecular flexibility index (Phi) is 5.43. The molecular weight excluding hydrogens is 314 g/mol. The van der Waals surface area contributed by atoms with Crippen LogP contribution in [0.5, 0.6) is 0 Å². The van der Waals surface area contributed by atoms with Crippen molar-refractivity contribution in [1.82, 2.24) is 14.9 Å². The minimum atomic E-state index is -0.662. The van der Waals surface area contributed by atoms with E-state index in [1.165, 1.54) is 5.57 Å². The van der Waals surface area contributed by atoms with Crippen LogP contribution in [-0.2, 0) is 4.79 Å². The molecule has 5 heteroatoms. The van der Waals surface area contributed by atoms with E-state index in [1.807, 2.05) is 0 Å². The Balaban J connectivity index is 1.70. The Bertz CT molecular complexity index is 714. The van der Waals surface area contributed by atoms with Gasteiger partial charge >= 0.3 is 5.97 Å². The van der Waals surface area contributed by atoms with E-state index >= 15 is 0 Å². The molecule has 0 saturated carbocycles. The quantitative estimate of drug-likeness (QED) is 0.752. The van der Waals surface area contributed by atoms with Gasteiger partial charge in [-0.25, -0.2) is 0 Å². The molecule has 3 rings (SSSR count). The van der Waals surface area contributed by atoms with Crippen LogP contribution >= 0.6 is 0 Å². The van der Waals surface area contributed by atoms with E-state index in [-0.39, 0.29) is 5.92 Å². The number of hydrogen-bond donors (Lipinski definition) is 3. The van der Waals surface area contributed by atoms with Crippen LogP contribution in [0.25, 0.3) is 5.57 Å². The number of nitrogens with one attached hydrogen (secondary N) is 2. The van der Waals surface area contributed by atoms with Gasteiger partial charge in [-0.3, -0.25) is 4.79 Å². The zero-order chi connectivity index (χ0) is 17.8. The molecule has 1 fully saturated rings. The third-order valence-electron chi connectivity index (χ3n) is 4.89. The van der Waals surface area contributed by atoms with Gasteiger partial charge in [0.2, 0.25) is 0 Å². The summed E-state index contributed by atoms with van der Waals surface area (Å²) in [5, 5.41) is 9.22. The van der Waals surface area contributed by atoms with Gasteiger partial charge in [0.25, 0.3) is 0 Å². The highest BCUT2D eigenvalue weighted by atomic mass is 16.4. The number of nitrogens with zero attached hydrogens (tertiary/aromatic N) is 1. The zero-order valence-electron chi connectivity index (χ0n) is 15.0. The first kappa shape index (κ1) is 17.5. The molecule has 5 nitrogen and oxygen atoms in total. The van der Waals surface area contributed by atoms with E-state index in [0.29, 0.717) is 6.54 Å². The van der Waals surface area contributed by atoms with E-state index < -0.39 is 5.97 Å². The van der Waals surface area contributed by atoms with E-state index in [4.69, 9.17) is 0 Å². The second-order valence-corrected chi connectivity index (χ2v) is 6.99. The molecule has 134 valence electrons. The minimum absolute atomic E-state index is 0.214. The maximum Gasteiger partial charge on any atom is 0.307 e. The molecule has 0 aliphatic carbocycles. The topological polar surface area (TPSA) is 72.1 Å². The number of H-pyrrole nitrogens is 2. The van der Waals surface area contributed by atoms with E-state index in [2.05, 4.69) is 59.1 Å². The van der Waals surface area contributed by atoms with E-state index in [0.717, 1.165) is 55.1 Å². The van der Waals surface area contributed by atoms with Crippen LogP contribution in [0.4, 0.5) is 0 Å². The Morgan fingerprint density at radius 3 is 2.36 bits per heavy atom. The van der Waals surface area contributed by atoms with Crippen molar-refractivity contribution in [2.24, 2.45) is 5.92 Å². The smallest absolute Gasteiger partial charge is 0.307 e. The minimum Gasteiger partial charge on any atom is -0.481 e. The molecule has 0 amide bonds. The number of carbonyl (C=O) groups is 1. The number of carboxylic acids is 1. The highest BCUT2D eigenvalue weighted by Gasteiger charge is 2.24. The summed E-state index contributed by atoms with van der Waals surface area (Å²) in [6.07, 6.45) is 4.92. The van der Waals surface area contributed by atoms with Crippen LogP contribution in [0.1, 0.15) is 42.0 Å². The Morgan fingerprint density at radius 1 is 1.20 bits per heavy atom. The molecule has 0 aromatic carbocycles. The van der Waals surface area contributed by atoms with Gasteiger partial charge in [0.05, 0.1) is 5.92 Å². The van der Waals surface area contributed by atoms with Gasteiger partial charge in [-0.1, -0.05) is 6.08 Å². The summed E-state index contributed by atoms with van der Waals surface area (Å²) < 4.78 is 0. The summed E-state index contributed by atoms with van der Waals surface area (Å²) in [7, 11) is 0. The fourth-order valence-electron chi connectivity index (χ4n) is 3.54. The SMILES string of the molecule is Cc1ccc(C(=CCCN2CCCC(C(=O)O)C2)c2ccc(C)[nH]2)[nH]1. The van der Waals surface area contributed by atoms with Crippen molar-refractivity contribution in [2.75, 3.05) is 19.6 Å². The summed E-state index contributed by atoms with van der Waals surface area (Å²) in [5.41, 5.74) is 5.69. The van der Waals surface area contributed by atoms with Crippen LogP contribution in [0.2, 0.25) is 0 Å². The van der Waals surface area contributed by atoms with Crippen LogP contribution in [-0.4, -0.2) is 45.6 Å². The molecule has 25 heavy (non-hydrogen) atoms. The van der Waals surface area contributed by atoms with Gasteiger partial charge < -0.3 is 20.0 Å². The number of piperidine rings is 1. The average molecular weight is 341 g/mol. The Labute approximate surface area is 148 Å². The molecule has 3 N–H and O–H groups in total. The number of carboxylic acid groups (broad SMARTS) is 1. The first-order valence-electron chi connectivity index (χ1n) is 9.00. The number of aryl methyl sites for hydroxylation is 2. The lowest BCUT2D eigenvalue weighted by atomic mass is 9.98. The van der Waals surface area contributed by atoms with Crippen molar-refractivity contribution < 1.29 is 9.90 Å². The second-order valence-electron chi connectivity index (χ2n) is 6.99. The van der Waals surface area contributed by atoms with Crippen LogP contribution in [0.15, 0.2) is 30.3 Å². The molecule has 2 aromatic heterocycles. The lowest BCUT2D eigenvalue weighted by Gasteiger charge is -2.30. The van der Waals surface area contributed by atoms with Gasteiger partial charge in [-0.15, -0.1) is 0 Å². The van der Waals surface area contributed by atoms with Crippen molar-refractivity contribution in [1.29, 1.82) is 0 Å². The maximum absolute atomic E-state index is 11.2. The number of aliphatic carboxylic acids is 1. The monoisotopic (exact) mass is 341 g/mol. The van der Waals surface area contributed by atoms with Gasteiger partial charge in [0.15, 0.2) is 0 Å². The summed E-state index contributed by atoms with van der Waals surface area (Å²) in [6, 6.07) is 8.39. The summed E-state index contributed by atoms with van der Waals surface area (Å²) >= 11 is 0. The van der Waals surface area contributed by atoms with Crippen LogP contribution < -0.4 is 0 Å². The number of aromatic nitrogens is 2. The second kappa shape index (κ2) is 7.74. The summed E-state index contributed by atoms with van der Waals surface area (Å²) in [4.78, 5) is 20.3. The number of aromatic amines is 2. The number of likely N-dealkylation sites (tertiary alicyclic amines) is 1. The molecular formula is C20H27N3O2. The van der Waals surface area contributed by atoms with Gasteiger partial charge in [-0.05, 0) is 63.9 Å². The van der Waals surface area contributed by atoms with Crippen LogP contribution in [0, 0.1) is 19.8 Å². The van der Waals surface area contributed by atoms with Gasteiger partial charge in [0.1, 0.15) is 0 Å². The molecule has 1 unspecified atom stereocenters. The predicted molar refractivity (Wildman–Crippen MR) is 99.6 cm³/mol. The molecule has 2 aromatic rings. The van der Waals surface area contributed by atoms with Crippen molar-refractivity contribution in [3.05, 3.63) is 53.1 Å². The summed E-state index contributed by atoms with van der Waals surface area (Å²) in [5.74, 6) is -0.876. The Hall–Kier alpha value is -2.27. The fourth-order valence-corrected chi connectivity index (χ4v) is 3.54. The molecule has 1 aliphatic rings. The normalized spacial score (nSPS) is 18.2. The molecule has 0 spiro atoms. The molecule has 1 saturated heterocycles. The first-order chi connectivity index (χ1) is 12.0. The van der Waals surface area contributed by atoms with Crippen molar-refractivity contribution in [3.63, 3.8) is 0 Å².